The first-order valence-corrected chi connectivity index (χ1v) is 5.68. The SMILES string of the molecule is CC(C)(C=O)C(C)(C)Oc1ccc(C(=O)O)cc1. The molecule has 0 aliphatic carbocycles. The third-order valence-corrected chi connectivity index (χ3v) is 3.32. The summed E-state index contributed by atoms with van der Waals surface area (Å²) in [6, 6.07) is 6.13. The molecule has 0 heterocycles. The number of carboxylic acids is 1. The van der Waals surface area contributed by atoms with Gasteiger partial charge in [0.1, 0.15) is 17.6 Å². The summed E-state index contributed by atoms with van der Waals surface area (Å²) in [7, 11) is 0. The van der Waals surface area contributed by atoms with Crippen molar-refractivity contribution in [3.63, 3.8) is 0 Å². The molecule has 0 aliphatic heterocycles. The predicted molar refractivity (Wildman–Crippen MR) is 68.0 cm³/mol. The van der Waals surface area contributed by atoms with E-state index in [0.29, 0.717) is 5.75 Å². The van der Waals surface area contributed by atoms with E-state index in [0.717, 1.165) is 6.29 Å². The molecule has 1 aromatic rings. The zero-order valence-electron chi connectivity index (χ0n) is 11.1. The number of ether oxygens (including phenoxy) is 1. The van der Waals surface area contributed by atoms with Gasteiger partial charge in [0.15, 0.2) is 0 Å². The smallest absolute Gasteiger partial charge is 0.335 e. The van der Waals surface area contributed by atoms with Crippen LogP contribution in [0, 0.1) is 5.41 Å². The largest absolute Gasteiger partial charge is 0.487 e. The minimum atomic E-state index is -0.978. The fourth-order valence-electron chi connectivity index (χ4n) is 1.23. The summed E-state index contributed by atoms with van der Waals surface area (Å²) in [6.07, 6.45) is 0.860. The number of aldehydes is 1. The Bertz CT molecular complexity index is 443. The van der Waals surface area contributed by atoms with E-state index in [-0.39, 0.29) is 5.56 Å². The van der Waals surface area contributed by atoms with Gasteiger partial charge in [0.25, 0.3) is 0 Å². The van der Waals surface area contributed by atoms with Gasteiger partial charge in [0.05, 0.1) is 11.0 Å². The maximum atomic E-state index is 11.0. The summed E-state index contributed by atoms with van der Waals surface area (Å²) >= 11 is 0. The Morgan fingerprint density at radius 2 is 1.67 bits per heavy atom. The molecule has 4 nitrogen and oxygen atoms in total. The molecule has 0 bridgehead atoms. The molecule has 4 heteroatoms. The normalized spacial score (nSPS) is 12.0. The van der Waals surface area contributed by atoms with Crippen LogP contribution in [-0.2, 0) is 4.79 Å². The number of benzene rings is 1. The average molecular weight is 250 g/mol. The van der Waals surface area contributed by atoms with Gasteiger partial charge in [0, 0.05) is 0 Å². The molecule has 0 aliphatic rings. The zero-order valence-corrected chi connectivity index (χ0v) is 11.1. The first-order valence-electron chi connectivity index (χ1n) is 5.68. The maximum absolute atomic E-state index is 11.0. The average Bonchev–Trinajstić information content (AvgIpc) is 2.29. The van der Waals surface area contributed by atoms with Crippen molar-refractivity contribution in [1.29, 1.82) is 0 Å². The highest BCUT2D eigenvalue weighted by molar-refractivity contribution is 5.87. The Hall–Kier alpha value is -1.84. The first kappa shape index (κ1) is 14.2. The summed E-state index contributed by atoms with van der Waals surface area (Å²) in [5.74, 6) is -0.436. The van der Waals surface area contributed by atoms with Crippen LogP contribution >= 0.6 is 0 Å². The van der Waals surface area contributed by atoms with Gasteiger partial charge in [-0.05, 0) is 52.0 Å². The Morgan fingerprint density at radius 3 is 2.06 bits per heavy atom. The van der Waals surface area contributed by atoms with Crippen molar-refractivity contribution < 1.29 is 19.4 Å². The minimum absolute atomic E-state index is 0.204. The van der Waals surface area contributed by atoms with E-state index in [1.54, 1.807) is 26.0 Å². The summed E-state index contributed by atoms with van der Waals surface area (Å²) in [4.78, 5) is 21.8. The number of rotatable bonds is 5. The highest BCUT2D eigenvalue weighted by Gasteiger charge is 2.39. The maximum Gasteiger partial charge on any atom is 0.335 e. The number of hydrogen-bond donors (Lipinski definition) is 1. The molecule has 0 radical (unpaired) electrons. The van der Waals surface area contributed by atoms with Crippen LogP contribution in [0.15, 0.2) is 24.3 Å². The van der Waals surface area contributed by atoms with Crippen LogP contribution in [0.3, 0.4) is 0 Å². The fourth-order valence-corrected chi connectivity index (χ4v) is 1.23. The topological polar surface area (TPSA) is 63.6 Å². The van der Waals surface area contributed by atoms with Crippen molar-refractivity contribution in [2.45, 2.75) is 33.3 Å². The lowest BCUT2D eigenvalue weighted by atomic mass is 9.78. The summed E-state index contributed by atoms with van der Waals surface area (Å²) < 4.78 is 5.77. The van der Waals surface area contributed by atoms with Crippen LogP contribution in [0.1, 0.15) is 38.1 Å². The summed E-state index contributed by atoms with van der Waals surface area (Å²) in [5, 5.41) is 8.79. The monoisotopic (exact) mass is 250 g/mol. The van der Waals surface area contributed by atoms with E-state index in [1.165, 1.54) is 12.1 Å². The molecule has 0 saturated carbocycles. The molecule has 98 valence electrons. The van der Waals surface area contributed by atoms with Gasteiger partial charge in [0.2, 0.25) is 0 Å². The van der Waals surface area contributed by atoms with Crippen molar-refractivity contribution in [3.05, 3.63) is 29.8 Å². The Morgan fingerprint density at radius 1 is 1.17 bits per heavy atom. The second-order valence-electron chi connectivity index (χ2n) is 5.28. The number of aromatic carboxylic acids is 1. The molecule has 18 heavy (non-hydrogen) atoms. The molecule has 0 aromatic heterocycles. The molecule has 0 amide bonds. The Labute approximate surface area is 107 Å². The Kier molecular flexibility index (Phi) is 3.79. The van der Waals surface area contributed by atoms with Gasteiger partial charge < -0.3 is 14.6 Å². The second kappa shape index (κ2) is 4.80. The molecule has 0 unspecified atom stereocenters. The number of hydrogen-bond acceptors (Lipinski definition) is 3. The third kappa shape index (κ3) is 2.88. The van der Waals surface area contributed by atoms with Gasteiger partial charge in [-0.3, -0.25) is 0 Å². The summed E-state index contributed by atoms with van der Waals surface area (Å²) in [6.45, 7) is 7.25. The number of carbonyl (C=O) groups is 2. The van der Waals surface area contributed by atoms with Gasteiger partial charge in [-0.2, -0.15) is 0 Å². The van der Waals surface area contributed by atoms with Crippen molar-refractivity contribution in [2.75, 3.05) is 0 Å². The molecule has 1 aromatic carbocycles. The van der Waals surface area contributed by atoms with Crippen molar-refractivity contribution in [2.24, 2.45) is 5.41 Å². The highest BCUT2D eigenvalue weighted by atomic mass is 16.5. The molecular weight excluding hydrogens is 232 g/mol. The van der Waals surface area contributed by atoms with Crippen LogP contribution in [0.25, 0.3) is 0 Å². The van der Waals surface area contributed by atoms with Crippen LogP contribution in [0.4, 0.5) is 0 Å². The van der Waals surface area contributed by atoms with E-state index in [2.05, 4.69) is 0 Å². The summed E-state index contributed by atoms with van der Waals surface area (Å²) in [5.41, 5.74) is -1.12. The van der Waals surface area contributed by atoms with E-state index in [4.69, 9.17) is 9.84 Å². The van der Waals surface area contributed by atoms with Crippen LogP contribution in [0.2, 0.25) is 0 Å². The number of carbonyl (C=O) groups excluding carboxylic acids is 1. The molecular formula is C14H18O4. The predicted octanol–water partition coefficient (Wildman–Crippen LogP) is 2.77. The lowest BCUT2D eigenvalue weighted by molar-refractivity contribution is -0.124. The van der Waals surface area contributed by atoms with Crippen molar-refractivity contribution in [1.82, 2.24) is 0 Å². The molecule has 0 saturated heterocycles. The van der Waals surface area contributed by atoms with Crippen molar-refractivity contribution >= 4 is 12.3 Å². The van der Waals surface area contributed by atoms with Crippen LogP contribution < -0.4 is 4.74 Å². The van der Waals surface area contributed by atoms with E-state index in [1.807, 2.05) is 13.8 Å². The molecule has 0 atom stereocenters. The van der Waals surface area contributed by atoms with Gasteiger partial charge in [-0.25, -0.2) is 4.79 Å². The quantitative estimate of drug-likeness (QED) is 0.816. The van der Waals surface area contributed by atoms with Gasteiger partial charge >= 0.3 is 5.97 Å². The number of carboxylic acid groups (broad SMARTS) is 1. The van der Waals surface area contributed by atoms with Gasteiger partial charge in [-0.1, -0.05) is 0 Å². The van der Waals surface area contributed by atoms with Crippen LogP contribution in [-0.4, -0.2) is 23.0 Å². The second-order valence-corrected chi connectivity index (χ2v) is 5.28. The van der Waals surface area contributed by atoms with E-state index in [9.17, 15) is 9.59 Å². The van der Waals surface area contributed by atoms with E-state index < -0.39 is 17.0 Å². The fraction of sp³-hybridized carbons (Fsp3) is 0.429. The minimum Gasteiger partial charge on any atom is -0.487 e. The zero-order chi connectivity index (χ0) is 14.0. The molecule has 0 spiro atoms. The van der Waals surface area contributed by atoms with Gasteiger partial charge in [-0.15, -0.1) is 0 Å². The molecule has 1 N–H and O–H groups in total. The van der Waals surface area contributed by atoms with Crippen LogP contribution in [0.5, 0.6) is 5.75 Å². The first-order chi connectivity index (χ1) is 8.19. The standard InChI is InChI=1S/C14H18O4/c1-13(2,9-15)14(3,4)18-11-7-5-10(6-8-11)12(16)17/h5-9H,1-4H3,(H,16,17). The molecule has 1 rings (SSSR count). The molecule has 0 fully saturated rings. The lowest BCUT2D eigenvalue weighted by Crippen LogP contribution is -2.45. The van der Waals surface area contributed by atoms with E-state index >= 15 is 0 Å². The lowest BCUT2D eigenvalue weighted by Gasteiger charge is -2.37. The third-order valence-electron chi connectivity index (χ3n) is 3.32. The van der Waals surface area contributed by atoms with Crippen molar-refractivity contribution in [3.8, 4) is 5.75 Å². The Balaban J connectivity index is 2.91. The highest BCUT2D eigenvalue weighted by Crippen LogP contribution is 2.33.